The molecule has 0 saturated carbocycles. The monoisotopic (exact) mass is 672 g/mol. The van der Waals surface area contributed by atoms with E-state index in [0.29, 0.717) is 59.7 Å². The Balaban J connectivity index is 1.57. The molecule has 49 heavy (non-hydrogen) atoms. The second-order valence-corrected chi connectivity index (χ2v) is 13.5. The molecule has 2 N–H and O–H groups in total. The topological polar surface area (TPSA) is 152 Å². The van der Waals surface area contributed by atoms with Crippen LogP contribution in [-0.2, 0) is 4.74 Å². The van der Waals surface area contributed by atoms with Gasteiger partial charge in [0.1, 0.15) is 34.4 Å². The van der Waals surface area contributed by atoms with E-state index in [0.717, 1.165) is 5.39 Å². The van der Waals surface area contributed by atoms with E-state index in [1.807, 2.05) is 52.5 Å². The Labute approximate surface area is 282 Å². The zero-order valence-electron chi connectivity index (χ0n) is 28.5. The number of halogens is 1. The number of aromatic nitrogens is 6. The summed E-state index contributed by atoms with van der Waals surface area (Å²) >= 11 is 0. The van der Waals surface area contributed by atoms with Crippen LogP contribution in [0.15, 0.2) is 47.5 Å². The third-order valence-corrected chi connectivity index (χ3v) is 8.33. The van der Waals surface area contributed by atoms with E-state index in [1.165, 1.54) is 10.6 Å². The molecular weight excluding hydrogens is 631 g/mol. The molecule has 13 nitrogen and oxygen atoms in total. The average Bonchev–Trinajstić information content (AvgIpc) is 3.53. The van der Waals surface area contributed by atoms with Gasteiger partial charge in [-0.3, -0.25) is 10.1 Å². The van der Waals surface area contributed by atoms with Gasteiger partial charge in [-0.25, -0.2) is 23.5 Å². The molecule has 0 bridgehead atoms. The van der Waals surface area contributed by atoms with Crippen molar-refractivity contribution < 1.29 is 23.8 Å². The quantitative estimate of drug-likeness (QED) is 0.211. The number of carbonyl (C=O) groups excluding carboxylic acids is 1. The van der Waals surface area contributed by atoms with Crippen molar-refractivity contribution in [3.05, 3.63) is 64.7 Å². The molecule has 4 aromatic heterocycles. The first kappa shape index (κ1) is 33.8. The highest BCUT2D eigenvalue weighted by Crippen LogP contribution is 2.36. The van der Waals surface area contributed by atoms with Crippen molar-refractivity contribution in [2.24, 2.45) is 0 Å². The molecule has 14 heteroatoms. The SMILES string of the molecule is CC(C)c1nccc(OCCCO)c1-n1c(=O)nc(N2CCN(C(=O)OC(C)(C)C)CC2C)c2cc(F)c(-c3cccc4cn[nH]c34)nc21. The Morgan fingerprint density at radius 1 is 1.18 bits per heavy atom. The summed E-state index contributed by atoms with van der Waals surface area (Å²) in [5.41, 5.74) is 0.847. The summed E-state index contributed by atoms with van der Waals surface area (Å²) in [6, 6.07) is 8.11. The number of amides is 1. The lowest BCUT2D eigenvalue weighted by atomic mass is 10.1. The molecule has 258 valence electrons. The lowest BCUT2D eigenvalue weighted by molar-refractivity contribution is 0.0218. The van der Waals surface area contributed by atoms with Crippen molar-refractivity contribution in [2.75, 3.05) is 37.7 Å². The van der Waals surface area contributed by atoms with Gasteiger partial charge in [0.15, 0.2) is 5.65 Å². The van der Waals surface area contributed by atoms with Gasteiger partial charge < -0.3 is 24.4 Å². The fraction of sp³-hybridized carbons (Fsp3) is 0.429. The maximum atomic E-state index is 16.4. The number of rotatable bonds is 8. The maximum absolute atomic E-state index is 16.4. The molecule has 1 amide bonds. The average molecular weight is 673 g/mol. The molecular formula is C35H41FN8O5. The summed E-state index contributed by atoms with van der Waals surface area (Å²) in [4.78, 5) is 44.8. The molecule has 0 radical (unpaired) electrons. The molecule has 1 saturated heterocycles. The number of hydrogen-bond acceptors (Lipinski definition) is 10. The summed E-state index contributed by atoms with van der Waals surface area (Å²) in [7, 11) is 0. The van der Waals surface area contributed by atoms with E-state index in [4.69, 9.17) is 14.5 Å². The molecule has 1 aliphatic heterocycles. The van der Waals surface area contributed by atoms with Crippen molar-refractivity contribution in [1.29, 1.82) is 0 Å². The van der Waals surface area contributed by atoms with Crippen LogP contribution in [0, 0.1) is 5.82 Å². The Bertz CT molecular complexity index is 2070. The molecule has 5 aromatic rings. The summed E-state index contributed by atoms with van der Waals surface area (Å²) in [6.45, 7) is 12.3. The first-order valence-corrected chi connectivity index (χ1v) is 16.4. The van der Waals surface area contributed by atoms with Gasteiger partial charge in [0, 0.05) is 61.9 Å². The Kier molecular flexibility index (Phi) is 9.25. The van der Waals surface area contributed by atoms with Crippen molar-refractivity contribution >= 4 is 33.8 Å². The van der Waals surface area contributed by atoms with Gasteiger partial charge in [-0.1, -0.05) is 32.0 Å². The fourth-order valence-electron chi connectivity index (χ4n) is 6.11. The van der Waals surface area contributed by atoms with E-state index < -0.39 is 23.2 Å². The standard InChI is InChI=1S/C35H41FN8O5/c1-20(2)27-30(26(11-12-37-27)48-16-8-15-45)44-32-24(17-25(36)29(39-32)23-10-7-9-22-18-38-41-28(22)23)31(40-33(44)46)43-14-13-42(19-21(43)3)34(47)49-35(4,5)6/h7,9-12,17-18,20-21,45H,8,13-16,19H2,1-6H3,(H,38,41). The number of anilines is 1. The molecule has 1 atom stereocenters. The minimum Gasteiger partial charge on any atom is -0.491 e. The maximum Gasteiger partial charge on any atom is 0.410 e. The van der Waals surface area contributed by atoms with Crippen molar-refractivity contribution in [3.8, 4) is 22.7 Å². The minimum atomic E-state index is -0.656. The van der Waals surface area contributed by atoms with Crippen LogP contribution in [0.5, 0.6) is 5.75 Å². The highest BCUT2D eigenvalue weighted by molar-refractivity contribution is 5.96. The van der Waals surface area contributed by atoms with E-state index in [1.54, 1.807) is 35.5 Å². The number of piperazine rings is 1. The van der Waals surface area contributed by atoms with Crippen molar-refractivity contribution in [1.82, 2.24) is 34.6 Å². The van der Waals surface area contributed by atoms with Crippen LogP contribution in [0.25, 0.3) is 38.9 Å². The van der Waals surface area contributed by atoms with Gasteiger partial charge in [0.25, 0.3) is 0 Å². The third-order valence-electron chi connectivity index (χ3n) is 8.33. The number of hydrogen-bond donors (Lipinski definition) is 2. The van der Waals surface area contributed by atoms with Crippen LogP contribution in [0.4, 0.5) is 15.0 Å². The van der Waals surface area contributed by atoms with Gasteiger partial charge >= 0.3 is 11.8 Å². The third kappa shape index (κ3) is 6.64. The Morgan fingerprint density at radius 3 is 2.69 bits per heavy atom. The Morgan fingerprint density at radius 2 is 1.98 bits per heavy atom. The normalized spacial score (nSPS) is 15.4. The highest BCUT2D eigenvalue weighted by Gasteiger charge is 2.33. The molecule has 0 spiro atoms. The van der Waals surface area contributed by atoms with Gasteiger partial charge in [-0.2, -0.15) is 10.1 Å². The number of H-pyrrole nitrogens is 1. The van der Waals surface area contributed by atoms with Crippen LogP contribution in [-0.4, -0.2) is 90.3 Å². The van der Waals surface area contributed by atoms with Crippen LogP contribution in [0.2, 0.25) is 0 Å². The van der Waals surface area contributed by atoms with E-state index >= 15 is 4.39 Å². The number of para-hydroxylation sites is 1. The number of fused-ring (bicyclic) bond motifs is 2. The number of nitrogens with one attached hydrogen (secondary N) is 1. The minimum absolute atomic E-state index is 0.0215. The van der Waals surface area contributed by atoms with E-state index in [2.05, 4.69) is 20.2 Å². The zero-order chi connectivity index (χ0) is 35.0. The number of pyridine rings is 2. The van der Waals surface area contributed by atoms with Crippen molar-refractivity contribution in [3.63, 3.8) is 0 Å². The molecule has 1 fully saturated rings. The smallest absolute Gasteiger partial charge is 0.410 e. The molecule has 1 aromatic carbocycles. The van der Waals surface area contributed by atoms with Gasteiger partial charge in [0.05, 0.1) is 29.4 Å². The largest absolute Gasteiger partial charge is 0.491 e. The second-order valence-electron chi connectivity index (χ2n) is 13.5. The first-order valence-electron chi connectivity index (χ1n) is 16.4. The summed E-state index contributed by atoms with van der Waals surface area (Å²) in [5.74, 6) is -0.147. The molecule has 1 unspecified atom stereocenters. The summed E-state index contributed by atoms with van der Waals surface area (Å²) < 4.78 is 29.4. The van der Waals surface area contributed by atoms with Crippen LogP contribution < -0.4 is 15.3 Å². The summed E-state index contributed by atoms with van der Waals surface area (Å²) in [5, 5.41) is 17.6. The molecule has 0 aliphatic carbocycles. The number of aliphatic hydroxyl groups excluding tert-OH is 1. The zero-order valence-corrected chi connectivity index (χ0v) is 28.5. The molecule has 1 aliphatic rings. The number of nitrogens with zero attached hydrogens (tertiary/aromatic N) is 7. The predicted molar refractivity (Wildman–Crippen MR) is 184 cm³/mol. The fourth-order valence-corrected chi connectivity index (χ4v) is 6.11. The number of ether oxygens (including phenoxy) is 2. The van der Waals surface area contributed by atoms with Crippen molar-refractivity contribution in [2.45, 2.75) is 65.5 Å². The highest BCUT2D eigenvalue weighted by atomic mass is 19.1. The lowest BCUT2D eigenvalue weighted by Gasteiger charge is -2.41. The van der Waals surface area contributed by atoms with Gasteiger partial charge in [-0.15, -0.1) is 0 Å². The van der Waals surface area contributed by atoms with Gasteiger partial charge in [0.2, 0.25) is 0 Å². The lowest BCUT2D eigenvalue weighted by Crippen LogP contribution is -2.55. The van der Waals surface area contributed by atoms with Crippen LogP contribution >= 0.6 is 0 Å². The van der Waals surface area contributed by atoms with Gasteiger partial charge in [-0.05, 0) is 39.7 Å². The molecule has 5 heterocycles. The second kappa shape index (κ2) is 13.4. The Hall–Kier alpha value is -5.11. The van der Waals surface area contributed by atoms with Crippen LogP contribution in [0.1, 0.15) is 59.6 Å². The number of benzene rings is 1. The first-order chi connectivity index (χ1) is 23.4. The van der Waals surface area contributed by atoms with Crippen LogP contribution in [0.3, 0.4) is 0 Å². The summed E-state index contributed by atoms with van der Waals surface area (Å²) in [6.07, 6.45) is 3.20. The van der Waals surface area contributed by atoms with E-state index in [9.17, 15) is 14.7 Å². The number of carbonyl (C=O) groups is 1. The molecule has 6 rings (SSSR count). The van der Waals surface area contributed by atoms with E-state index in [-0.39, 0.29) is 42.3 Å². The predicted octanol–water partition coefficient (Wildman–Crippen LogP) is 5.19. The number of aliphatic hydroxyl groups is 1. The number of aromatic amines is 1.